The topological polar surface area (TPSA) is 142 Å². The maximum Gasteiger partial charge on any atom is 0.224 e. The van der Waals surface area contributed by atoms with Crippen molar-refractivity contribution < 1.29 is 14.0 Å². The Bertz CT molecular complexity index is 1920. The highest BCUT2D eigenvalue weighted by Crippen LogP contribution is 2.36. The third-order valence-electron chi connectivity index (χ3n) is 6.29. The second-order valence-electron chi connectivity index (χ2n) is 9.75. The number of rotatable bonds is 7. The second-order valence-corrected chi connectivity index (χ2v) is 10.8. The van der Waals surface area contributed by atoms with E-state index in [1.807, 2.05) is 26.0 Å². The monoisotopic (exact) mass is 554 g/mol. The molecule has 0 aliphatic carbocycles. The van der Waals surface area contributed by atoms with E-state index in [-0.39, 0.29) is 34.2 Å². The first-order chi connectivity index (χ1) is 19.3. The van der Waals surface area contributed by atoms with Crippen LogP contribution in [0.5, 0.6) is 0 Å². The highest BCUT2D eigenvalue weighted by atomic mass is 32.1. The lowest BCUT2D eigenvalue weighted by molar-refractivity contribution is -0.116. The van der Waals surface area contributed by atoms with Crippen LogP contribution in [0.3, 0.4) is 0 Å². The maximum atomic E-state index is 16.1. The Hall–Kier alpha value is -4.84. The summed E-state index contributed by atoms with van der Waals surface area (Å²) in [7, 11) is 0. The van der Waals surface area contributed by atoms with Crippen molar-refractivity contribution in [2.45, 2.75) is 27.2 Å². The van der Waals surface area contributed by atoms with Gasteiger partial charge in [-0.3, -0.25) is 19.7 Å². The molecular weight excluding hydrogens is 531 g/mol. The van der Waals surface area contributed by atoms with E-state index in [9.17, 15) is 9.59 Å². The number of thiophene rings is 1. The molecule has 0 aliphatic heterocycles. The molecule has 200 valence electrons. The Morgan fingerprint density at radius 3 is 2.70 bits per heavy atom. The fourth-order valence-electron chi connectivity index (χ4n) is 4.47. The second kappa shape index (κ2) is 10.0. The van der Waals surface area contributed by atoms with Gasteiger partial charge in [-0.2, -0.15) is 5.10 Å². The zero-order chi connectivity index (χ0) is 28.0. The number of anilines is 1. The fraction of sp³-hybridized carbons (Fsp3) is 0.179. The number of fused-ring (bicyclic) bond motifs is 2. The fourth-order valence-corrected chi connectivity index (χ4v) is 5.40. The summed E-state index contributed by atoms with van der Waals surface area (Å²) in [6, 6.07) is 7.16. The Morgan fingerprint density at radius 2 is 1.93 bits per heavy atom. The van der Waals surface area contributed by atoms with Gasteiger partial charge < -0.3 is 10.3 Å². The quantitative estimate of drug-likeness (QED) is 0.205. The average molecular weight is 555 g/mol. The lowest BCUT2D eigenvalue weighted by Crippen LogP contribution is -2.14. The molecule has 10 nitrogen and oxygen atoms in total. The Labute approximate surface area is 231 Å². The molecule has 1 amide bonds. The summed E-state index contributed by atoms with van der Waals surface area (Å²) in [6.07, 6.45) is 6.42. The van der Waals surface area contributed by atoms with Crippen molar-refractivity contribution in [2.75, 3.05) is 5.32 Å². The number of carbonyl (C=O) groups excluding carboxylic acids is 2. The summed E-state index contributed by atoms with van der Waals surface area (Å²) in [5, 5.41) is 10.0. The number of hydrogen-bond donors (Lipinski definition) is 3. The van der Waals surface area contributed by atoms with Crippen molar-refractivity contribution in [1.82, 2.24) is 35.1 Å². The van der Waals surface area contributed by atoms with Crippen LogP contribution in [0.25, 0.3) is 55.3 Å². The summed E-state index contributed by atoms with van der Waals surface area (Å²) in [4.78, 5) is 46.3. The molecule has 0 saturated heterocycles. The summed E-state index contributed by atoms with van der Waals surface area (Å²) in [6.45, 7) is 5.44. The van der Waals surface area contributed by atoms with Crippen LogP contribution >= 0.6 is 11.3 Å². The van der Waals surface area contributed by atoms with Gasteiger partial charge >= 0.3 is 0 Å². The van der Waals surface area contributed by atoms with Crippen molar-refractivity contribution in [3.63, 3.8) is 0 Å². The third kappa shape index (κ3) is 4.62. The molecule has 12 heteroatoms. The molecule has 6 aromatic heterocycles. The summed E-state index contributed by atoms with van der Waals surface area (Å²) in [5.41, 5.74) is 3.53. The lowest BCUT2D eigenvalue weighted by atomic mass is 10.1. The predicted molar refractivity (Wildman–Crippen MR) is 151 cm³/mol. The molecular formula is C28H23FN8O2S. The van der Waals surface area contributed by atoms with E-state index in [2.05, 4.69) is 40.4 Å². The highest BCUT2D eigenvalue weighted by Gasteiger charge is 2.22. The molecule has 0 aliphatic rings. The van der Waals surface area contributed by atoms with Crippen LogP contribution in [0.2, 0.25) is 0 Å². The number of Topliss-reactive ketones (excluding diaryl/α,β-unsaturated/α-hetero) is 1. The van der Waals surface area contributed by atoms with E-state index < -0.39 is 5.82 Å². The number of imidazole rings is 1. The van der Waals surface area contributed by atoms with Crippen LogP contribution < -0.4 is 5.32 Å². The molecule has 0 saturated carbocycles. The number of amides is 1. The number of nitrogens with zero attached hydrogens (tertiary/aromatic N) is 5. The van der Waals surface area contributed by atoms with Gasteiger partial charge in [0.25, 0.3) is 0 Å². The first-order valence-corrected chi connectivity index (χ1v) is 13.3. The van der Waals surface area contributed by atoms with Gasteiger partial charge in [-0.05, 0) is 37.1 Å². The summed E-state index contributed by atoms with van der Waals surface area (Å²) < 4.78 is 16.1. The minimum absolute atomic E-state index is 0.00626. The van der Waals surface area contributed by atoms with E-state index in [1.54, 1.807) is 18.3 Å². The van der Waals surface area contributed by atoms with E-state index in [1.165, 1.54) is 36.9 Å². The van der Waals surface area contributed by atoms with Crippen LogP contribution in [-0.4, -0.2) is 46.8 Å². The molecule has 6 aromatic rings. The smallest absolute Gasteiger partial charge is 0.224 e. The number of H-pyrrole nitrogens is 2. The average Bonchev–Trinajstić information content (AvgIpc) is 3.66. The first-order valence-electron chi connectivity index (χ1n) is 12.5. The van der Waals surface area contributed by atoms with E-state index in [4.69, 9.17) is 0 Å². The molecule has 6 rings (SSSR count). The number of aromatic nitrogens is 7. The van der Waals surface area contributed by atoms with Crippen molar-refractivity contribution in [1.29, 1.82) is 0 Å². The van der Waals surface area contributed by atoms with Crippen LogP contribution in [0.15, 0.2) is 49.1 Å². The predicted octanol–water partition coefficient (Wildman–Crippen LogP) is 6.01. The van der Waals surface area contributed by atoms with Crippen molar-refractivity contribution in [3.05, 3.63) is 59.7 Å². The molecule has 6 heterocycles. The number of ketones is 1. The molecule has 0 radical (unpaired) electrons. The van der Waals surface area contributed by atoms with Gasteiger partial charge in [0, 0.05) is 46.6 Å². The highest BCUT2D eigenvalue weighted by molar-refractivity contribution is 7.17. The SMILES string of the molecule is CC(=O)c1ccc(-c2ccnc3nc(-c4[nH]nc5ncc(-c6cncc(NC(=O)CC(C)C)c6)c(F)c45)[nH]c23)s1. The van der Waals surface area contributed by atoms with Gasteiger partial charge in [0.05, 0.1) is 27.7 Å². The molecule has 40 heavy (non-hydrogen) atoms. The molecule has 0 spiro atoms. The third-order valence-corrected chi connectivity index (χ3v) is 7.51. The van der Waals surface area contributed by atoms with Gasteiger partial charge in [0.15, 0.2) is 22.9 Å². The molecule has 0 bridgehead atoms. The van der Waals surface area contributed by atoms with Gasteiger partial charge in [-0.1, -0.05) is 13.8 Å². The number of aromatic amines is 2. The Balaban J connectivity index is 1.41. The van der Waals surface area contributed by atoms with Gasteiger partial charge in [-0.25, -0.2) is 19.3 Å². The van der Waals surface area contributed by atoms with Gasteiger partial charge in [0.2, 0.25) is 5.91 Å². The number of hydrogen-bond acceptors (Lipinski definition) is 8. The summed E-state index contributed by atoms with van der Waals surface area (Å²) in [5.74, 6) is -0.162. The van der Waals surface area contributed by atoms with Crippen molar-refractivity contribution in [3.8, 4) is 33.1 Å². The van der Waals surface area contributed by atoms with Gasteiger partial charge in [-0.15, -0.1) is 11.3 Å². The summed E-state index contributed by atoms with van der Waals surface area (Å²) >= 11 is 1.38. The van der Waals surface area contributed by atoms with E-state index in [0.717, 1.165) is 10.4 Å². The standard InChI is InChI=1S/C28H23FN8O2S/c1-13(2)8-21(39)33-16-9-15(10-30-11-16)18-12-32-26-22(23(18)29)25(36-37-26)28-34-24-17(6-7-31-27(24)35-28)20-5-4-19(40-20)14(3)38/h4-7,9-13H,8H2,1-3H3,(H,33,39)(H,31,34,35)(H,32,36,37). The molecule has 0 fully saturated rings. The molecule has 0 atom stereocenters. The zero-order valence-corrected chi connectivity index (χ0v) is 22.6. The van der Waals surface area contributed by atoms with E-state index in [0.29, 0.717) is 45.2 Å². The van der Waals surface area contributed by atoms with Crippen molar-refractivity contribution in [2.24, 2.45) is 5.92 Å². The first kappa shape index (κ1) is 25.4. The molecule has 0 aromatic carbocycles. The minimum Gasteiger partial charge on any atom is -0.335 e. The largest absolute Gasteiger partial charge is 0.335 e. The van der Waals surface area contributed by atoms with E-state index >= 15 is 4.39 Å². The number of halogens is 1. The Morgan fingerprint density at radius 1 is 1.07 bits per heavy atom. The zero-order valence-electron chi connectivity index (χ0n) is 21.7. The maximum absolute atomic E-state index is 16.1. The molecule has 0 unspecified atom stereocenters. The lowest BCUT2D eigenvalue weighted by Gasteiger charge is -2.09. The van der Waals surface area contributed by atoms with Crippen molar-refractivity contribution >= 4 is 50.9 Å². The van der Waals surface area contributed by atoms with Crippen LogP contribution in [0, 0.1) is 11.7 Å². The van der Waals surface area contributed by atoms with Crippen LogP contribution in [0.1, 0.15) is 36.9 Å². The van der Waals surface area contributed by atoms with Crippen LogP contribution in [-0.2, 0) is 4.79 Å². The number of pyridine rings is 3. The number of nitrogens with one attached hydrogen (secondary N) is 3. The Kier molecular flexibility index (Phi) is 6.39. The number of carbonyl (C=O) groups is 2. The van der Waals surface area contributed by atoms with Gasteiger partial charge in [0.1, 0.15) is 11.5 Å². The molecule has 3 N–H and O–H groups in total. The van der Waals surface area contributed by atoms with Crippen LogP contribution in [0.4, 0.5) is 10.1 Å². The minimum atomic E-state index is -0.556. The normalized spacial score (nSPS) is 11.5.